The molecule has 0 aliphatic carbocycles. The highest BCUT2D eigenvalue weighted by molar-refractivity contribution is 4.82. The quantitative estimate of drug-likeness (QED) is 0.552. The van der Waals surface area contributed by atoms with Gasteiger partial charge in [0.05, 0.1) is 0 Å². The van der Waals surface area contributed by atoms with Gasteiger partial charge in [-0.25, -0.2) is 0 Å². The Kier molecular flexibility index (Phi) is 7.17. The van der Waals surface area contributed by atoms with Crippen LogP contribution in [0.15, 0.2) is 12.2 Å². The van der Waals surface area contributed by atoms with Crippen LogP contribution in [0.5, 0.6) is 0 Å². The summed E-state index contributed by atoms with van der Waals surface area (Å²) in [5, 5.41) is 0. The van der Waals surface area contributed by atoms with Crippen molar-refractivity contribution in [1.82, 2.24) is 4.90 Å². The van der Waals surface area contributed by atoms with Gasteiger partial charge in [0.2, 0.25) is 0 Å². The van der Waals surface area contributed by atoms with Crippen molar-refractivity contribution in [1.29, 1.82) is 0 Å². The average Bonchev–Trinajstić information content (AvgIpc) is 2.10. The minimum Gasteiger partial charge on any atom is -0.300 e. The van der Waals surface area contributed by atoms with Crippen molar-refractivity contribution in [3.8, 4) is 0 Å². The molecule has 0 fully saturated rings. The van der Waals surface area contributed by atoms with E-state index in [0.29, 0.717) is 0 Å². The first kappa shape index (κ1) is 11.7. The zero-order valence-corrected chi connectivity index (χ0v) is 9.01. The van der Waals surface area contributed by atoms with Gasteiger partial charge in [0.1, 0.15) is 0 Å². The predicted octanol–water partition coefficient (Wildman–Crippen LogP) is 3.07. The average molecular weight is 169 g/mol. The number of hydrogen-bond donors (Lipinski definition) is 0. The molecule has 1 nitrogen and oxygen atoms in total. The molecule has 1 unspecified atom stereocenters. The second kappa shape index (κ2) is 7.35. The highest BCUT2D eigenvalue weighted by atomic mass is 15.1. The van der Waals surface area contributed by atoms with Crippen molar-refractivity contribution in [3.63, 3.8) is 0 Å². The lowest BCUT2D eigenvalue weighted by Crippen LogP contribution is -2.31. The van der Waals surface area contributed by atoms with Gasteiger partial charge < -0.3 is 0 Å². The third-order valence-corrected chi connectivity index (χ3v) is 2.35. The van der Waals surface area contributed by atoms with E-state index < -0.39 is 0 Å². The molecule has 0 spiro atoms. The van der Waals surface area contributed by atoms with Crippen LogP contribution in [0.25, 0.3) is 0 Å². The summed E-state index contributed by atoms with van der Waals surface area (Å²) in [5.74, 6) is 0. The fourth-order valence-electron chi connectivity index (χ4n) is 1.49. The molecule has 0 saturated carbocycles. The minimum absolute atomic E-state index is 0.770. The van der Waals surface area contributed by atoms with Crippen LogP contribution in [0, 0.1) is 0 Å². The van der Waals surface area contributed by atoms with E-state index in [4.69, 9.17) is 0 Å². The van der Waals surface area contributed by atoms with Gasteiger partial charge in [-0.2, -0.15) is 0 Å². The van der Waals surface area contributed by atoms with E-state index >= 15 is 0 Å². The van der Waals surface area contributed by atoms with Crippen LogP contribution in [0.3, 0.4) is 0 Å². The maximum absolute atomic E-state index is 2.43. The summed E-state index contributed by atoms with van der Waals surface area (Å²) in [6.45, 7) is 7.70. The monoisotopic (exact) mass is 169 g/mol. The second-order valence-corrected chi connectivity index (χ2v) is 3.36. The Morgan fingerprint density at radius 1 is 1.33 bits per heavy atom. The van der Waals surface area contributed by atoms with Gasteiger partial charge in [-0.15, -0.1) is 0 Å². The zero-order valence-electron chi connectivity index (χ0n) is 9.01. The number of rotatable bonds is 6. The Morgan fingerprint density at radius 3 is 2.42 bits per heavy atom. The number of likely N-dealkylation sites (N-methyl/N-ethyl adjacent to an activating group) is 1. The Bertz CT molecular complexity index is 118. The molecule has 1 heteroatoms. The fourth-order valence-corrected chi connectivity index (χ4v) is 1.49. The van der Waals surface area contributed by atoms with Crippen molar-refractivity contribution in [2.24, 2.45) is 0 Å². The lowest BCUT2D eigenvalue weighted by atomic mass is 10.1. The smallest absolute Gasteiger partial charge is 0.0162 e. The SMILES string of the molecule is C/C=C\CN(C)C(CC)CCC. The van der Waals surface area contributed by atoms with Gasteiger partial charge in [0.25, 0.3) is 0 Å². The van der Waals surface area contributed by atoms with Crippen LogP contribution < -0.4 is 0 Å². The van der Waals surface area contributed by atoms with E-state index in [1.165, 1.54) is 19.3 Å². The maximum Gasteiger partial charge on any atom is 0.0162 e. The highest BCUT2D eigenvalue weighted by Gasteiger charge is 2.08. The lowest BCUT2D eigenvalue weighted by molar-refractivity contribution is 0.245. The summed E-state index contributed by atoms with van der Waals surface area (Å²) in [6, 6.07) is 0.770. The number of nitrogens with zero attached hydrogens (tertiary/aromatic N) is 1. The minimum atomic E-state index is 0.770. The first-order valence-corrected chi connectivity index (χ1v) is 5.07. The molecule has 0 N–H and O–H groups in total. The summed E-state index contributed by atoms with van der Waals surface area (Å²) in [4.78, 5) is 2.43. The largest absolute Gasteiger partial charge is 0.300 e. The Hall–Kier alpha value is -0.300. The van der Waals surface area contributed by atoms with Crippen LogP contribution in [-0.2, 0) is 0 Å². The summed E-state index contributed by atoms with van der Waals surface area (Å²) in [6.07, 6.45) is 8.22. The molecule has 12 heavy (non-hydrogen) atoms. The Morgan fingerprint density at radius 2 is 2.00 bits per heavy atom. The molecular weight excluding hydrogens is 146 g/mol. The first-order chi connectivity index (χ1) is 5.76. The zero-order chi connectivity index (χ0) is 9.40. The van der Waals surface area contributed by atoms with Crippen LogP contribution in [-0.4, -0.2) is 24.5 Å². The third kappa shape index (κ3) is 4.55. The van der Waals surface area contributed by atoms with Crippen molar-refractivity contribution < 1.29 is 0 Å². The molecule has 0 aromatic heterocycles. The van der Waals surface area contributed by atoms with Crippen LogP contribution in [0.1, 0.15) is 40.0 Å². The van der Waals surface area contributed by atoms with Gasteiger partial charge in [-0.05, 0) is 26.8 Å². The topological polar surface area (TPSA) is 3.24 Å². The van der Waals surface area contributed by atoms with Gasteiger partial charge in [0.15, 0.2) is 0 Å². The van der Waals surface area contributed by atoms with Crippen molar-refractivity contribution >= 4 is 0 Å². The summed E-state index contributed by atoms with van der Waals surface area (Å²) in [5.41, 5.74) is 0. The standard InChI is InChI=1S/C11H23N/c1-5-8-10-12(4)11(7-3)9-6-2/h5,8,11H,6-7,9-10H2,1-4H3/b8-5-. The van der Waals surface area contributed by atoms with Gasteiger partial charge in [-0.3, -0.25) is 4.90 Å². The molecule has 0 saturated heterocycles. The van der Waals surface area contributed by atoms with Crippen molar-refractivity contribution in [2.75, 3.05) is 13.6 Å². The maximum atomic E-state index is 2.43. The first-order valence-electron chi connectivity index (χ1n) is 5.07. The van der Waals surface area contributed by atoms with Gasteiger partial charge >= 0.3 is 0 Å². The van der Waals surface area contributed by atoms with E-state index in [0.717, 1.165) is 12.6 Å². The Labute approximate surface area is 77.5 Å². The lowest BCUT2D eigenvalue weighted by Gasteiger charge is -2.25. The number of hydrogen-bond acceptors (Lipinski definition) is 1. The van der Waals surface area contributed by atoms with Crippen molar-refractivity contribution in [2.45, 2.75) is 46.1 Å². The molecule has 0 aromatic carbocycles. The van der Waals surface area contributed by atoms with E-state index in [1.807, 2.05) is 0 Å². The molecule has 0 rings (SSSR count). The molecule has 72 valence electrons. The molecule has 0 bridgehead atoms. The number of allylic oxidation sites excluding steroid dienone is 1. The molecule has 0 aromatic rings. The molecule has 0 radical (unpaired) electrons. The van der Waals surface area contributed by atoms with Crippen molar-refractivity contribution in [3.05, 3.63) is 12.2 Å². The Balaban J connectivity index is 3.75. The van der Waals surface area contributed by atoms with E-state index in [9.17, 15) is 0 Å². The third-order valence-electron chi connectivity index (χ3n) is 2.35. The normalized spacial score (nSPS) is 14.4. The second-order valence-electron chi connectivity index (χ2n) is 3.36. The van der Waals surface area contributed by atoms with Crippen LogP contribution >= 0.6 is 0 Å². The molecule has 0 aliphatic rings. The molecule has 1 atom stereocenters. The van der Waals surface area contributed by atoms with E-state index in [-0.39, 0.29) is 0 Å². The fraction of sp³-hybridized carbons (Fsp3) is 0.818. The highest BCUT2D eigenvalue weighted by Crippen LogP contribution is 2.08. The van der Waals surface area contributed by atoms with E-state index in [1.54, 1.807) is 0 Å². The molecular formula is C11H23N. The summed E-state index contributed by atoms with van der Waals surface area (Å²) >= 11 is 0. The summed E-state index contributed by atoms with van der Waals surface area (Å²) < 4.78 is 0. The van der Waals surface area contributed by atoms with Gasteiger partial charge in [0, 0.05) is 12.6 Å². The molecule has 0 amide bonds. The predicted molar refractivity (Wildman–Crippen MR) is 56.4 cm³/mol. The summed E-state index contributed by atoms with van der Waals surface area (Å²) in [7, 11) is 2.21. The van der Waals surface area contributed by atoms with Crippen LogP contribution in [0.4, 0.5) is 0 Å². The van der Waals surface area contributed by atoms with Gasteiger partial charge in [-0.1, -0.05) is 32.4 Å². The molecule has 0 heterocycles. The molecule has 0 aliphatic heterocycles. The van der Waals surface area contributed by atoms with E-state index in [2.05, 4.69) is 44.9 Å². The van der Waals surface area contributed by atoms with Crippen LogP contribution in [0.2, 0.25) is 0 Å².